The standard InChI is InChI=1S/C18H23N5O/c1-13-3-5-15-6-4-14(9-16(15)21(2)18(13)24)10-22-7-8-23-17(11-22)19-12-20-23/h4,6,9,12-13H,3,5,7-8,10-11H2,1-2H3. The van der Waals surface area contributed by atoms with E-state index in [4.69, 9.17) is 0 Å². The highest BCUT2D eigenvalue weighted by Crippen LogP contribution is 2.30. The molecular formula is C18H23N5O. The lowest BCUT2D eigenvalue weighted by Crippen LogP contribution is -2.34. The molecule has 1 unspecified atom stereocenters. The lowest BCUT2D eigenvalue weighted by Gasteiger charge is -2.27. The van der Waals surface area contributed by atoms with Crippen molar-refractivity contribution >= 4 is 11.6 Å². The molecule has 6 nitrogen and oxygen atoms in total. The summed E-state index contributed by atoms with van der Waals surface area (Å²) in [4.78, 5) is 21.0. The van der Waals surface area contributed by atoms with E-state index in [0.29, 0.717) is 0 Å². The first kappa shape index (κ1) is 15.3. The normalized spacial score (nSPS) is 21.3. The first-order valence-corrected chi connectivity index (χ1v) is 8.60. The number of hydrogen-bond acceptors (Lipinski definition) is 4. The van der Waals surface area contributed by atoms with Crippen molar-refractivity contribution in [3.63, 3.8) is 0 Å². The summed E-state index contributed by atoms with van der Waals surface area (Å²) in [6.07, 6.45) is 3.53. The quantitative estimate of drug-likeness (QED) is 0.845. The number of rotatable bonds is 2. The number of aryl methyl sites for hydroxylation is 1. The van der Waals surface area contributed by atoms with Gasteiger partial charge in [-0.05, 0) is 30.0 Å². The molecule has 1 aromatic carbocycles. The van der Waals surface area contributed by atoms with Gasteiger partial charge in [-0.1, -0.05) is 19.1 Å². The number of aromatic nitrogens is 3. The van der Waals surface area contributed by atoms with Crippen molar-refractivity contribution in [1.82, 2.24) is 19.7 Å². The maximum Gasteiger partial charge on any atom is 0.229 e. The van der Waals surface area contributed by atoms with Crippen LogP contribution in [-0.4, -0.2) is 39.2 Å². The van der Waals surface area contributed by atoms with Crippen LogP contribution in [0.5, 0.6) is 0 Å². The molecule has 4 rings (SSSR count). The Hall–Kier alpha value is -2.21. The predicted molar refractivity (Wildman–Crippen MR) is 91.5 cm³/mol. The SMILES string of the molecule is CC1CCc2ccc(CN3CCn4ncnc4C3)cc2N(C)C1=O. The van der Waals surface area contributed by atoms with Gasteiger partial charge in [0.2, 0.25) is 5.91 Å². The Morgan fingerprint density at radius 2 is 2.17 bits per heavy atom. The number of benzene rings is 1. The van der Waals surface area contributed by atoms with Crippen LogP contribution in [0.1, 0.15) is 30.3 Å². The van der Waals surface area contributed by atoms with Gasteiger partial charge in [0.1, 0.15) is 12.2 Å². The molecule has 2 aliphatic rings. The molecule has 0 bridgehead atoms. The minimum absolute atomic E-state index is 0.0966. The molecule has 0 spiro atoms. The summed E-state index contributed by atoms with van der Waals surface area (Å²) < 4.78 is 1.97. The molecule has 0 saturated heterocycles. The maximum atomic E-state index is 12.4. The summed E-state index contributed by atoms with van der Waals surface area (Å²) in [5.74, 6) is 1.34. The molecule has 0 aliphatic carbocycles. The number of anilines is 1. The maximum absolute atomic E-state index is 12.4. The van der Waals surface area contributed by atoms with Crippen molar-refractivity contribution < 1.29 is 4.79 Å². The Balaban J connectivity index is 1.55. The van der Waals surface area contributed by atoms with Gasteiger partial charge in [0, 0.05) is 31.7 Å². The zero-order chi connectivity index (χ0) is 16.7. The third-order valence-corrected chi connectivity index (χ3v) is 5.20. The van der Waals surface area contributed by atoms with Crippen molar-refractivity contribution in [2.75, 3.05) is 18.5 Å². The second-order valence-corrected chi connectivity index (χ2v) is 6.91. The summed E-state index contributed by atoms with van der Waals surface area (Å²) in [5, 5.41) is 4.23. The number of carbonyl (C=O) groups excluding carboxylic acids is 1. The van der Waals surface area contributed by atoms with Crippen LogP contribution >= 0.6 is 0 Å². The van der Waals surface area contributed by atoms with Crippen LogP contribution < -0.4 is 4.90 Å². The zero-order valence-corrected chi connectivity index (χ0v) is 14.3. The van der Waals surface area contributed by atoms with Crippen LogP contribution in [0, 0.1) is 5.92 Å². The molecule has 1 aromatic heterocycles. The molecule has 0 N–H and O–H groups in total. The lowest BCUT2D eigenvalue weighted by atomic mass is 10.0. The van der Waals surface area contributed by atoms with Crippen molar-refractivity contribution in [2.45, 2.75) is 39.4 Å². The second kappa shape index (κ2) is 6.02. The van der Waals surface area contributed by atoms with Crippen LogP contribution in [0.15, 0.2) is 24.5 Å². The van der Waals surface area contributed by atoms with Crippen LogP contribution in [0.25, 0.3) is 0 Å². The topological polar surface area (TPSA) is 54.3 Å². The van der Waals surface area contributed by atoms with Gasteiger partial charge in [0.05, 0.1) is 13.1 Å². The Bertz CT molecular complexity index is 769. The average Bonchev–Trinajstić information content (AvgIpc) is 3.03. The molecule has 2 aromatic rings. The monoisotopic (exact) mass is 325 g/mol. The molecule has 0 fully saturated rings. The van der Waals surface area contributed by atoms with Crippen LogP contribution in [0.3, 0.4) is 0 Å². The minimum atomic E-state index is 0.0966. The van der Waals surface area contributed by atoms with Crippen molar-refractivity contribution in [3.8, 4) is 0 Å². The van der Waals surface area contributed by atoms with Gasteiger partial charge in [0.25, 0.3) is 0 Å². The summed E-state index contributed by atoms with van der Waals surface area (Å²) in [7, 11) is 1.90. The van der Waals surface area contributed by atoms with Gasteiger partial charge in [0.15, 0.2) is 0 Å². The predicted octanol–water partition coefficient (Wildman–Crippen LogP) is 1.84. The first-order valence-electron chi connectivity index (χ1n) is 8.60. The number of fused-ring (bicyclic) bond motifs is 2. The van der Waals surface area contributed by atoms with E-state index in [2.05, 4.69) is 33.2 Å². The third kappa shape index (κ3) is 2.71. The van der Waals surface area contributed by atoms with Gasteiger partial charge in [-0.15, -0.1) is 0 Å². The van der Waals surface area contributed by atoms with E-state index in [1.165, 1.54) is 11.1 Å². The Morgan fingerprint density at radius 3 is 3.04 bits per heavy atom. The van der Waals surface area contributed by atoms with Crippen LogP contribution in [-0.2, 0) is 30.8 Å². The van der Waals surface area contributed by atoms with Gasteiger partial charge in [-0.25, -0.2) is 9.67 Å². The molecule has 1 atom stereocenters. The molecule has 2 aliphatic heterocycles. The zero-order valence-electron chi connectivity index (χ0n) is 14.3. The molecule has 126 valence electrons. The van der Waals surface area contributed by atoms with Gasteiger partial charge < -0.3 is 4.90 Å². The highest BCUT2D eigenvalue weighted by Gasteiger charge is 2.25. The smallest absolute Gasteiger partial charge is 0.229 e. The Kier molecular flexibility index (Phi) is 3.84. The minimum Gasteiger partial charge on any atom is -0.315 e. The molecule has 6 heteroatoms. The fourth-order valence-corrected chi connectivity index (χ4v) is 3.68. The van der Waals surface area contributed by atoms with Crippen molar-refractivity contribution in [3.05, 3.63) is 41.5 Å². The summed E-state index contributed by atoms with van der Waals surface area (Å²) >= 11 is 0. The van der Waals surface area contributed by atoms with E-state index in [9.17, 15) is 4.79 Å². The van der Waals surface area contributed by atoms with E-state index >= 15 is 0 Å². The van der Waals surface area contributed by atoms with E-state index in [-0.39, 0.29) is 11.8 Å². The van der Waals surface area contributed by atoms with E-state index < -0.39 is 0 Å². The average molecular weight is 325 g/mol. The largest absolute Gasteiger partial charge is 0.315 e. The van der Waals surface area contributed by atoms with Crippen molar-refractivity contribution in [2.24, 2.45) is 5.92 Å². The lowest BCUT2D eigenvalue weighted by molar-refractivity contribution is -0.121. The molecule has 1 amide bonds. The number of hydrogen-bond donors (Lipinski definition) is 0. The molecule has 0 radical (unpaired) electrons. The number of nitrogens with zero attached hydrogens (tertiary/aromatic N) is 5. The van der Waals surface area contributed by atoms with Gasteiger partial charge >= 0.3 is 0 Å². The Morgan fingerprint density at radius 1 is 1.29 bits per heavy atom. The fourth-order valence-electron chi connectivity index (χ4n) is 3.68. The first-order chi connectivity index (χ1) is 11.6. The van der Waals surface area contributed by atoms with Crippen LogP contribution in [0.2, 0.25) is 0 Å². The highest BCUT2D eigenvalue weighted by atomic mass is 16.2. The summed E-state index contributed by atoms with van der Waals surface area (Å²) in [6.45, 7) is 5.57. The van der Waals surface area contributed by atoms with E-state index in [1.807, 2.05) is 23.6 Å². The number of carbonyl (C=O) groups is 1. The van der Waals surface area contributed by atoms with Crippen LogP contribution in [0.4, 0.5) is 5.69 Å². The third-order valence-electron chi connectivity index (χ3n) is 5.20. The van der Waals surface area contributed by atoms with E-state index in [1.54, 1.807) is 6.33 Å². The second-order valence-electron chi connectivity index (χ2n) is 6.91. The molecule has 3 heterocycles. The highest BCUT2D eigenvalue weighted by molar-refractivity contribution is 5.95. The van der Waals surface area contributed by atoms with Gasteiger partial charge in [-0.3, -0.25) is 9.69 Å². The van der Waals surface area contributed by atoms with Gasteiger partial charge in [-0.2, -0.15) is 5.10 Å². The molecule has 24 heavy (non-hydrogen) atoms. The Labute approximate surface area is 142 Å². The molecule has 0 saturated carbocycles. The van der Waals surface area contributed by atoms with Crippen molar-refractivity contribution in [1.29, 1.82) is 0 Å². The summed E-state index contributed by atoms with van der Waals surface area (Å²) in [5.41, 5.74) is 3.59. The van der Waals surface area contributed by atoms with E-state index in [0.717, 1.165) is 50.5 Å². The fraction of sp³-hybridized carbons (Fsp3) is 0.500. The number of amides is 1. The molecular weight excluding hydrogens is 302 g/mol. The summed E-state index contributed by atoms with van der Waals surface area (Å²) in [6, 6.07) is 6.58.